The van der Waals surface area contributed by atoms with Gasteiger partial charge in [-0.2, -0.15) is 0 Å². The molecule has 14 heavy (non-hydrogen) atoms. The van der Waals surface area contributed by atoms with Crippen LogP contribution >= 0.6 is 43.5 Å². The first kappa shape index (κ1) is 12.2. The summed E-state index contributed by atoms with van der Waals surface area (Å²) >= 11 is 12.3. The summed E-state index contributed by atoms with van der Waals surface area (Å²) in [6, 6.07) is 5.88. The van der Waals surface area contributed by atoms with E-state index in [1.807, 2.05) is 18.2 Å². The van der Waals surface area contributed by atoms with Crippen LogP contribution < -0.4 is 0 Å². The van der Waals surface area contributed by atoms with Gasteiger partial charge in [-0.25, -0.2) is 0 Å². The number of carbonyl (C=O) groups excluding carboxylic acids is 1. The van der Waals surface area contributed by atoms with Crippen molar-refractivity contribution in [2.24, 2.45) is 0 Å². The predicted octanol–water partition coefficient (Wildman–Crippen LogP) is 3.69. The molecule has 0 aliphatic rings. The van der Waals surface area contributed by atoms with Crippen LogP contribution in [-0.2, 0) is 16.5 Å². The number of ketones is 1. The van der Waals surface area contributed by atoms with Crippen molar-refractivity contribution in [3.8, 4) is 0 Å². The molecule has 0 fully saturated rings. The van der Waals surface area contributed by atoms with E-state index in [1.54, 1.807) is 0 Å². The molecule has 0 atom stereocenters. The minimum absolute atomic E-state index is 0.0424. The quantitative estimate of drug-likeness (QED) is 0.764. The summed E-state index contributed by atoms with van der Waals surface area (Å²) in [4.78, 5) is 11.2. The highest BCUT2D eigenvalue weighted by Gasteiger charge is 2.09. The van der Waals surface area contributed by atoms with Crippen LogP contribution in [0, 0.1) is 0 Å². The standard InChI is InChI=1S/C10H9Br2ClO/c11-5-7-2-1-3-10(12)9(7)4-8(14)6-13/h1-3H,4-6H2. The van der Waals surface area contributed by atoms with Crippen molar-refractivity contribution in [2.45, 2.75) is 11.8 Å². The molecule has 0 unspecified atom stereocenters. The van der Waals surface area contributed by atoms with Crippen molar-refractivity contribution in [1.82, 2.24) is 0 Å². The Morgan fingerprint density at radius 1 is 1.43 bits per heavy atom. The molecule has 1 nitrogen and oxygen atoms in total. The van der Waals surface area contributed by atoms with Crippen LogP contribution in [0.4, 0.5) is 0 Å². The van der Waals surface area contributed by atoms with Gasteiger partial charge in [0.1, 0.15) is 0 Å². The lowest BCUT2D eigenvalue weighted by Gasteiger charge is -2.07. The molecule has 0 bridgehead atoms. The number of rotatable bonds is 4. The van der Waals surface area contributed by atoms with Crippen molar-refractivity contribution in [1.29, 1.82) is 0 Å². The molecule has 1 aromatic carbocycles. The average Bonchev–Trinajstić information content (AvgIpc) is 2.20. The second kappa shape index (κ2) is 5.89. The van der Waals surface area contributed by atoms with Gasteiger partial charge in [-0.3, -0.25) is 4.79 Å². The van der Waals surface area contributed by atoms with Gasteiger partial charge in [0.15, 0.2) is 5.78 Å². The van der Waals surface area contributed by atoms with Crippen LogP contribution in [0.5, 0.6) is 0 Å². The van der Waals surface area contributed by atoms with Gasteiger partial charge in [-0.05, 0) is 17.2 Å². The van der Waals surface area contributed by atoms with Crippen LogP contribution in [0.2, 0.25) is 0 Å². The number of carbonyl (C=O) groups is 1. The van der Waals surface area contributed by atoms with E-state index in [2.05, 4.69) is 31.9 Å². The highest BCUT2D eigenvalue weighted by atomic mass is 79.9. The topological polar surface area (TPSA) is 17.1 Å². The SMILES string of the molecule is O=C(CCl)Cc1c(Br)cccc1CBr. The number of Topliss-reactive ketones (excluding diaryl/α,β-unsaturated/α-hetero) is 1. The zero-order valence-corrected chi connectivity index (χ0v) is 11.3. The first-order chi connectivity index (χ1) is 6.69. The van der Waals surface area contributed by atoms with Gasteiger partial charge in [0.05, 0.1) is 5.88 Å². The average molecular weight is 340 g/mol. The maximum Gasteiger partial charge on any atom is 0.152 e. The van der Waals surface area contributed by atoms with Crippen LogP contribution in [0.15, 0.2) is 22.7 Å². The Labute approximate surface area is 105 Å². The summed E-state index contributed by atoms with van der Waals surface area (Å²) in [5.41, 5.74) is 2.15. The van der Waals surface area contributed by atoms with E-state index in [-0.39, 0.29) is 11.7 Å². The number of hydrogen-bond donors (Lipinski definition) is 0. The highest BCUT2D eigenvalue weighted by Crippen LogP contribution is 2.23. The molecule has 0 aromatic heterocycles. The van der Waals surface area contributed by atoms with E-state index >= 15 is 0 Å². The van der Waals surface area contributed by atoms with Crippen molar-refractivity contribution < 1.29 is 4.79 Å². The molecule has 0 amide bonds. The molecule has 0 aliphatic carbocycles. The van der Waals surface area contributed by atoms with Gasteiger partial charge in [0.25, 0.3) is 0 Å². The van der Waals surface area contributed by atoms with Gasteiger partial charge in [-0.1, -0.05) is 44.0 Å². The van der Waals surface area contributed by atoms with Gasteiger partial charge in [0, 0.05) is 16.2 Å². The van der Waals surface area contributed by atoms with E-state index < -0.39 is 0 Å². The van der Waals surface area contributed by atoms with Gasteiger partial charge in [-0.15, -0.1) is 11.6 Å². The summed E-state index contributed by atoms with van der Waals surface area (Å²) in [6.45, 7) is 0. The van der Waals surface area contributed by atoms with Gasteiger partial charge < -0.3 is 0 Å². The number of alkyl halides is 2. The molecule has 0 heterocycles. The largest absolute Gasteiger partial charge is 0.298 e. The van der Waals surface area contributed by atoms with Gasteiger partial charge in [0.2, 0.25) is 0 Å². The van der Waals surface area contributed by atoms with Crippen molar-refractivity contribution in [2.75, 3.05) is 5.88 Å². The molecule has 0 aliphatic heterocycles. The number of hydrogen-bond acceptors (Lipinski definition) is 1. The van der Waals surface area contributed by atoms with E-state index in [9.17, 15) is 4.79 Å². The number of halogens is 3. The van der Waals surface area contributed by atoms with E-state index in [0.717, 1.165) is 20.9 Å². The fraction of sp³-hybridized carbons (Fsp3) is 0.300. The Morgan fingerprint density at radius 3 is 2.71 bits per heavy atom. The summed E-state index contributed by atoms with van der Waals surface area (Å²) in [7, 11) is 0. The second-order valence-electron chi connectivity index (χ2n) is 2.86. The molecule has 1 rings (SSSR count). The van der Waals surface area contributed by atoms with E-state index in [4.69, 9.17) is 11.6 Å². The summed E-state index contributed by atoms with van der Waals surface area (Å²) in [6.07, 6.45) is 0.395. The lowest BCUT2D eigenvalue weighted by atomic mass is 10.0. The Hall–Kier alpha value is 0.140. The molecular formula is C10H9Br2ClO. The maximum absolute atomic E-state index is 11.2. The predicted molar refractivity (Wildman–Crippen MR) is 66.2 cm³/mol. The normalized spacial score (nSPS) is 10.2. The fourth-order valence-corrected chi connectivity index (χ4v) is 2.34. The molecule has 0 saturated carbocycles. The summed E-state index contributed by atoms with van der Waals surface area (Å²) < 4.78 is 0.966. The Morgan fingerprint density at radius 2 is 2.14 bits per heavy atom. The molecule has 0 N–H and O–H groups in total. The van der Waals surface area contributed by atoms with Crippen LogP contribution in [0.3, 0.4) is 0 Å². The van der Waals surface area contributed by atoms with Crippen molar-refractivity contribution >= 4 is 49.2 Å². The van der Waals surface area contributed by atoms with E-state index in [0.29, 0.717) is 6.42 Å². The first-order valence-electron chi connectivity index (χ1n) is 4.09. The second-order valence-corrected chi connectivity index (χ2v) is 4.54. The Bertz CT molecular complexity index is 339. The summed E-state index contributed by atoms with van der Waals surface area (Å²) in [5.74, 6) is 0.115. The molecule has 0 radical (unpaired) electrons. The zero-order chi connectivity index (χ0) is 10.6. The molecule has 0 saturated heterocycles. The summed E-state index contributed by atoms with van der Waals surface area (Å²) in [5, 5.41) is 0.747. The first-order valence-corrected chi connectivity index (χ1v) is 6.53. The van der Waals surface area contributed by atoms with Gasteiger partial charge >= 0.3 is 0 Å². The third-order valence-corrected chi connectivity index (χ3v) is 3.53. The lowest BCUT2D eigenvalue weighted by Crippen LogP contribution is -2.06. The Kier molecular flexibility index (Phi) is 5.13. The molecule has 1 aromatic rings. The van der Waals surface area contributed by atoms with Crippen molar-refractivity contribution in [3.63, 3.8) is 0 Å². The van der Waals surface area contributed by atoms with Crippen molar-refractivity contribution in [3.05, 3.63) is 33.8 Å². The number of benzene rings is 1. The zero-order valence-electron chi connectivity index (χ0n) is 7.40. The Balaban J connectivity index is 2.98. The van der Waals surface area contributed by atoms with Crippen LogP contribution in [-0.4, -0.2) is 11.7 Å². The minimum Gasteiger partial charge on any atom is -0.298 e. The maximum atomic E-state index is 11.2. The molecular weight excluding hydrogens is 331 g/mol. The highest BCUT2D eigenvalue weighted by molar-refractivity contribution is 9.10. The third kappa shape index (κ3) is 3.07. The van der Waals surface area contributed by atoms with Crippen LogP contribution in [0.1, 0.15) is 11.1 Å². The van der Waals surface area contributed by atoms with E-state index in [1.165, 1.54) is 0 Å². The van der Waals surface area contributed by atoms with Crippen LogP contribution in [0.25, 0.3) is 0 Å². The molecule has 0 spiro atoms. The third-order valence-electron chi connectivity index (χ3n) is 1.88. The lowest BCUT2D eigenvalue weighted by molar-refractivity contribution is -0.116. The minimum atomic E-state index is 0.0424. The molecule has 76 valence electrons. The smallest absolute Gasteiger partial charge is 0.152 e. The fourth-order valence-electron chi connectivity index (χ4n) is 1.17. The molecule has 4 heteroatoms. The monoisotopic (exact) mass is 338 g/mol.